The molecule has 3 aliphatic rings. The van der Waals surface area contributed by atoms with Gasteiger partial charge in [-0.05, 0) is 86.6 Å². The molecule has 1 saturated heterocycles. The number of rotatable bonds is 6. The number of methoxy groups -OCH3 is 1. The van der Waals surface area contributed by atoms with Crippen molar-refractivity contribution in [3.63, 3.8) is 0 Å². The molecule has 230 valence electrons. The molecule has 1 aliphatic carbocycles. The van der Waals surface area contributed by atoms with Gasteiger partial charge in [-0.3, -0.25) is 9.59 Å². The number of aromatic nitrogens is 4. The number of nitrogens with one attached hydrogen (secondary N) is 1. The zero-order valence-electron chi connectivity index (χ0n) is 25.8. The molecule has 10 nitrogen and oxygen atoms in total. The molecule has 5 aromatic rings. The van der Waals surface area contributed by atoms with Gasteiger partial charge in [0, 0.05) is 54.4 Å². The van der Waals surface area contributed by atoms with Gasteiger partial charge in [0.05, 0.1) is 30.4 Å². The Morgan fingerprint density at radius 2 is 1.91 bits per heavy atom. The van der Waals surface area contributed by atoms with Crippen LogP contribution in [0.15, 0.2) is 48.5 Å². The minimum atomic E-state index is -0.0451. The Morgan fingerprint density at radius 1 is 1.07 bits per heavy atom. The summed E-state index contributed by atoms with van der Waals surface area (Å²) in [6, 6.07) is 16.2. The van der Waals surface area contributed by atoms with E-state index in [0.29, 0.717) is 35.7 Å². The third kappa shape index (κ3) is 4.75. The number of hydrogen-bond acceptors (Lipinski definition) is 6. The minimum Gasteiger partial charge on any atom is -0.494 e. The lowest BCUT2D eigenvalue weighted by atomic mass is 9.99. The second kappa shape index (κ2) is 10.4. The smallest absolute Gasteiger partial charge is 0.254 e. The highest BCUT2D eigenvalue weighted by Crippen LogP contribution is 2.38. The first-order valence-electron chi connectivity index (χ1n) is 15.8. The van der Waals surface area contributed by atoms with Gasteiger partial charge in [0.2, 0.25) is 5.91 Å². The molecule has 0 radical (unpaired) electrons. The molecular weight excluding hydrogens is 566 g/mol. The van der Waals surface area contributed by atoms with Crippen molar-refractivity contribution in [2.24, 2.45) is 18.7 Å². The van der Waals surface area contributed by atoms with Crippen molar-refractivity contribution < 1.29 is 14.3 Å². The van der Waals surface area contributed by atoms with Crippen LogP contribution in [0.4, 0.5) is 5.69 Å². The maximum Gasteiger partial charge on any atom is 0.254 e. The summed E-state index contributed by atoms with van der Waals surface area (Å²) < 4.78 is 10.2. The summed E-state index contributed by atoms with van der Waals surface area (Å²) >= 11 is 0. The van der Waals surface area contributed by atoms with Crippen LogP contribution in [0.2, 0.25) is 0 Å². The van der Waals surface area contributed by atoms with Gasteiger partial charge >= 0.3 is 0 Å². The molecule has 1 saturated carbocycles. The number of piperidine rings is 1. The molecule has 45 heavy (non-hydrogen) atoms. The Hall–Kier alpha value is -4.70. The van der Waals surface area contributed by atoms with Gasteiger partial charge < -0.3 is 29.8 Å². The number of hydrogen-bond donors (Lipinski definition) is 2. The molecule has 2 atom stereocenters. The molecule has 0 spiro atoms. The third-order valence-electron chi connectivity index (χ3n) is 9.72. The second-order valence-corrected chi connectivity index (χ2v) is 13.0. The van der Waals surface area contributed by atoms with E-state index < -0.39 is 0 Å². The van der Waals surface area contributed by atoms with Gasteiger partial charge in [0.15, 0.2) is 5.82 Å². The van der Waals surface area contributed by atoms with Gasteiger partial charge in [-0.1, -0.05) is 6.07 Å². The molecule has 2 aliphatic heterocycles. The number of nitrogens with zero attached hydrogens (tertiary/aromatic N) is 5. The number of fused-ring (bicyclic) bond motifs is 3. The molecule has 0 unspecified atom stereocenters. The van der Waals surface area contributed by atoms with Crippen molar-refractivity contribution in [3.05, 3.63) is 59.7 Å². The van der Waals surface area contributed by atoms with Crippen LogP contribution in [0.3, 0.4) is 0 Å². The molecule has 3 N–H and O–H groups in total. The van der Waals surface area contributed by atoms with E-state index in [2.05, 4.69) is 39.6 Å². The number of anilines is 1. The number of benzene rings is 2. The number of ether oxygens (including phenoxy) is 1. The molecule has 2 fully saturated rings. The number of amides is 2. The summed E-state index contributed by atoms with van der Waals surface area (Å²) in [5, 5.41) is 3.95. The molecule has 5 heterocycles. The number of likely N-dealkylation sites (tertiary alicyclic amines) is 1. The lowest BCUT2D eigenvalue weighted by Gasteiger charge is -2.36. The third-order valence-corrected chi connectivity index (χ3v) is 9.72. The standard InChI is InChI=1S/C35H37N7O3/c1-19-4-9-25(36)18-41(19)35(44)24-13-28-32(30(15-24)45-3)40(2)34(39-28)29-14-22-8-11-26(38-33(22)42(29)17-20-5-6-20)21-7-10-27-23(12-21)16-31(43)37-27/h7-8,10-15,19-20,25H,4-6,9,16-18,36H2,1-3H3,(H,37,43)/t19-,25+/m0/s1. The summed E-state index contributed by atoms with van der Waals surface area (Å²) in [4.78, 5) is 37.8. The normalized spacial score (nSPS) is 19.7. The van der Waals surface area contributed by atoms with Crippen molar-refractivity contribution in [2.45, 2.75) is 57.7 Å². The van der Waals surface area contributed by atoms with E-state index in [-0.39, 0.29) is 23.9 Å². The number of carbonyl (C=O) groups excluding carboxylic acids is 2. The van der Waals surface area contributed by atoms with Gasteiger partial charge in [0.1, 0.15) is 16.9 Å². The van der Waals surface area contributed by atoms with Crippen molar-refractivity contribution >= 4 is 39.6 Å². The number of pyridine rings is 1. The van der Waals surface area contributed by atoms with E-state index in [1.165, 1.54) is 12.8 Å². The first kappa shape index (κ1) is 27.8. The average Bonchev–Trinajstić information content (AvgIpc) is 3.55. The lowest BCUT2D eigenvalue weighted by molar-refractivity contribution is -0.115. The molecule has 8 rings (SSSR count). The van der Waals surface area contributed by atoms with Crippen LogP contribution in [0, 0.1) is 5.92 Å². The first-order chi connectivity index (χ1) is 21.8. The highest BCUT2D eigenvalue weighted by molar-refractivity contribution is 6.01. The van der Waals surface area contributed by atoms with Crippen LogP contribution in [0.5, 0.6) is 5.75 Å². The molecule has 3 aromatic heterocycles. The second-order valence-electron chi connectivity index (χ2n) is 13.0. The van der Waals surface area contributed by atoms with Crippen LogP contribution >= 0.6 is 0 Å². The predicted molar refractivity (Wildman–Crippen MR) is 174 cm³/mol. The zero-order chi connectivity index (χ0) is 31.0. The Kier molecular flexibility index (Phi) is 6.46. The molecular formula is C35H37N7O3. The summed E-state index contributed by atoms with van der Waals surface area (Å²) in [5.74, 6) is 1.99. The van der Waals surface area contributed by atoms with Gasteiger partial charge in [-0.2, -0.15) is 0 Å². The van der Waals surface area contributed by atoms with Crippen LogP contribution in [0.1, 0.15) is 48.5 Å². The Morgan fingerprint density at radius 3 is 2.71 bits per heavy atom. The van der Waals surface area contributed by atoms with Crippen LogP contribution < -0.4 is 15.8 Å². The fourth-order valence-electron chi connectivity index (χ4n) is 7.01. The van der Waals surface area contributed by atoms with Crippen LogP contribution in [0.25, 0.3) is 44.8 Å². The van der Waals surface area contributed by atoms with Gasteiger partial charge in [-0.25, -0.2) is 9.97 Å². The number of aryl methyl sites for hydroxylation is 1. The van der Waals surface area contributed by atoms with E-state index in [1.807, 2.05) is 42.3 Å². The quantitative estimate of drug-likeness (QED) is 0.278. The van der Waals surface area contributed by atoms with Crippen molar-refractivity contribution in [1.82, 2.24) is 24.0 Å². The molecule has 2 amide bonds. The summed E-state index contributed by atoms with van der Waals surface area (Å²) in [6.07, 6.45) is 4.61. The number of nitrogens with two attached hydrogens (primary N) is 1. The van der Waals surface area contributed by atoms with E-state index in [1.54, 1.807) is 7.11 Å². The fraction of sp³-hybridized carbons (Fsp3) is 0.371. The lowest BCUT2D eigenvalue weighted by Crippen LogP contribution is -2.50. The average molecular weight is 604 g/mol. The topological polar surface area (TPSA) is 120 Å². The highest BCUT2D eigenvalue weighted by atomic mass is 16.5. The Labute approximate surface area is 261 Å². The predicted octanol–water partition coefficient (Wildman–Crippen LogP) is 5.12. The number of imidazole rings is 1. The van der Waals surface area contributed by atoms with Gasteiger partial charge in [0.25, 0.3) is 5.91 Å². The monoisotopic (exact) mass is 603 g/mol. The Bertz CT molecular complexity index is 2020. The van der Waals surface area contributed by atoms with E-state index >= 15 is 0 Å². The fourth-order valence-corrected chi connectivity index (χ4v) is 7.01. The van der Waals surface area contributed by atoms with Crippen molar-refractivity contribution in [3.8, 4) is 28.5 Å². The van der Waals surface area contributed by atoms with Crippen molar-refractivity contribution in [1.29, 1.82) is 0 Å². The van der Waals surface area contributed by atoms with Crippen LogP contribution in [-0.4, -0.2) is 61.6 Å². The maximum atomic E-state index is 13.7. The van der Waals surface area contributed by atoms with Gasteiger partial charge in [-0.15, -0.1) is 0 Å². The highest BCUT2D eigenvalue weighted by Gasteiger charge is 2.30. The summed E-state index contributed by atoms with van der Waals surface area (Å²) in [6.45, 7) is 3.48. The molecule has 10 heteroatoms. The SMILES string of the molecule is COc1cc(C(=O)N2C[C@H](N)CC[C@@H]2C)cc2nc(-c3cc4ccc(-c5ccc6c(c5)CC(=O)N6)nc4n3CC3CC3)n(C)c12. The molecule has 0 bridgehead atoms. The molecule has 2 aromatic carbocycles. The summed E-state index contributed by atoms with van der Waals surface area (Å²) in [7, 11) is 3.63. The zero-order valence-corrected chi connectivity index (χ0v) is 25.8. The Balaban J connectivity index is 1.23. The van der Waals surface area contributed by atoms with E-state index in [4.69, 9.17) is 20.4 Å². The first-order valence-corrected chi connectivity index (χ1v) is 15.8. The van der Waals surface area contributed by atoms with Crippen molar-refractivity contribution in [2.75, 3.05) is 19.0 Å². The number of carbonyl (C=O) groups is 2. The summed E-state index contributed by atoms with van der Waals surface area (Å²) in [5.41, 5.74) is 14.0. The van der Waals surface area contributed by atoms with E-state index in [0.717, 1.165) is 70.0 Å². The minimum absolute atomic E-state index is 0.0105. The van der Waals surface area contributed by atoms with E-state index in [9.17, 15) is 9.59 Å². The maximum absolute atomic E-state index is 13.7. The largest absolute Gasteiger partial charge is 0.494 e. The van der Waals surface area contributed by atoms with Crippen LogP contribution in [-0.2, 0) is 24.8 Å².